The van der Waals surface area contributed by atoms with Crippen LogP contribution < -0.4 is 13.6 Å². The first kappa shape index (κ1) is 21.1. The van der Waals surface area contributed by atoms with Crippen molar-refractivity contribution in [1.29, 1.82) is 0 Å². The lowest BCUT2D eigenvalue weighted by Crippen LogP contribution is -2.50. The molecule has 0 aliphatic heterocycles. The van der Waals surface area contributed by atoms with Crippen LogP contribution in [0.2, 0.25) is 0 Å². The highest BCUT2D eigenvalue weighted by Gasteiger charge is 2.26. The van der Waals surface area contributed by atoms with Crippen molar-refractivity contribution >= 4 is 20.4 Å². The lowest BCUT2D eigenvalue weighted by atomic mass is 9.97. The van der Waals surface area contributed by atoms with Crippen molar-refractivity contribution in [2.75, 3.05) is 0 Å². The molecule has 7 nitrogen and oxygen atoms in total. The van der Waals surface area contributed by atoms with Gasteiger partial charge >= 0.3 is 0 Å². The molecular formula is C16H33N3O4S2. The van der Waals surface area contributed by atoms with E-state index in [9.17, 15) is 16.8 Å². The molecule has 148 valence electrons. The molecule has 0 saturated heterocycles. The van der Waals surface area contributed by atoms with Gasteiger partial charge in [0.1, 0.15) is 0 Å². The first-order valence-electron chi connectivity index (χ1n) is 9.69. The molecule has 2 aliphatic rings. The lowest BCUT2D eigenvalue weighted by Gasteiger charge is -2.23. The molecule has 0 aromatic carbocycles. The van der Waals surface area contributed by atoms with Gasteiger partial charge in [-0.15, -0.1) is 0 Å². The Labute approximate surface area is 153 Å². The number of hydrogen-bond acceptors (Lipinski definition) is 4. The van der Waals surface area contributed by atoms with Crippen LogP contribution in [0.4, 0.5) is 0 Å². The predicted octanol–water partition coefficient (Wildman–Crippen LogP) is 2.47. The molecule has 0 aromatic rings. The molecule has 0 radical (unpaired) electrons. The van der Waals surface area contributed by atoms with Gasteiger partial charge in [0.25, 0.3) is 20.4 Å². The van der Waals surface area contributed by atoms with Crippen molar-refractivity contribution in [1.82, 2.24) is 13.6 Å². The fourth-order valence-electron chi connectivity index (χ4n) is 3.78. The second kappa shape index (κ2) is 10.2. The molecule has 0 unspecified atom stereocenters. The van der Waals surface area contributed by atoms with Gasteiger partial charge in [0.15, 0.2) is 0 Å². The molecule has 2 rings (SSSR count). The van der Waals surface area contributed by atoms with Crippen LogP contribution in [0.1, 0.15) is 89.9 Å². The van der Waals surface area contributed by atoms with Crippen molar-refractivity contribution in [2.45, 2.75) is 102 Å². The third-order valence-corrected chi connectivity index (χ3v) is 8.12. The van der Waals surface area contributed by atoms with Crippen molar-refractivity contribution < 1.29 is 16.8 Å². The first-order valence-corrected chi connectivity index (χ1v) is 12.7. The SMILES string of the molecule is O=S(=O)(NC1CCCCCCC1)NS(=O)(=O)NC1CCCCCCC1. The maximum absolute atomic E-state index is 12.2. The Morgan fingerprint density at radius 2 is 0.760 bits per heavy atom. The topological polar surface area (TPSA) is 104 Å². The largest absolute Gasteiger partial charge is 0.291 e. The van der Waals surface area contributed by atoms with Crippen LogP contribution in [0.25, 0.3) is 0 Å². The molecular weight excluding hydrogens is 362 g/mol. The van der Waals surface area contributed by atoms with Crippen LogP contribution in [-0.4, -0.2) is 28.9 Å². The Bertz CT molecular complexity index is 525. The molecule has 3 N–H and O–H groups in total. The Morgan fingerprint density at radius 1 is 0.480 bits per heavy atom. The summed E-state index contributed by atoms with van der Waals surface area (Å²) in [4.78, 5) is 0. The van der Waals surface area contributed by atoms with E-state index in [1.165, 1.54) is 12.8 Å². The van der Waals surface area contributed by atoms with E-state index in [1.807, 2.05) is 4.13 Å². The highest BCUT2D eigenvalue weighted by atomic mass is 32.3. The van der Waals surface area contributed by atoms with Crippen molar-refractivity contribution in [2.24, 2.45) is 0 Å². The summed E-state index contributed by atoms with van der Waals surface area (Å²) in [6.07, 6.45) is 13.7. The molecule has 0 amide bonds. The van der Waals surface area contributed by atoms with Gasteiger partial charge < -0.3 is 0 Å². The van der Waals surface area contributed by atoms with Crippen LogP contribution in [-0.2, 0) is 20.4 Å². The molecule has 2 fully saturated rings. The van der Waals surface area contributed by atoms with Gasteiger partial charge in [0.2, 0.25) is 0 Å². The fraction of sp³-hybridized carbons (Fsp3) is 1.00. The minimum atomic E-state index is -4.08. The summed E-state index contributed by atoms with van der Waals surface area (Å²) < 4.78 is 55.8. The van der Waals surface area contributed by atoms with Gasteiger partial charge in [-0.3, -0.25) is 0 Å². The zero-order valence-electron chi connectivity index (χ0n) is 15.0. The maximum atomic E-state index is 12.2. The van der Waals surface area contributed by atoms with Crippen molar-refractivity contribution in [3.05, 3.63) is 0 Å². The zero-order valence-corrected chi connectivity index (χ0v) is 16.6. The van der Waals surface area contributed by atoms with Gasteiger partial charge in [0.05, 0.1) is 0 Å². The first-order chi connectivity index (χ1) is 11.9. The lowest BCUT2D eigenvalue weighted by molar-refractivity contribution is 0.422. The van der Waals surface area contributed by atoms with Gasteiger partial charge in [-0.25, -0.2) is 0 Å². The summed E-state index contributed by atoms with van der Waals surface area (Å²) >= 11 is 0. The van der Waals surface area contributed by atoms with E-state index in [-0.39, 0.29) is 12.1 Å². The second-order valence-corrected chi connectivity index (χ2v) is 10.6. The van der Waals surface area contributed by atoms with E-state index >= 15 is 0 Å². The molecule has 0 aromatic heterocycles. The highest BCUT2D eigenvalue weighted by Crippen LogP contribution is 2.19. The Hall–Kier alpha value is -0.220. The van der Waals surface area contributed by atoms with Crippen LogP contribution in [0.3, 0.4) is 0 Å². The van der Waals surface area contributed by atoms with E-state index < -0.39 is 20.4 Å². The highest BCUT2D eigenvalue weighted by molar-refractivity contribution is 8.02. The third kappa shape index (κ3) is 8.81. The van der Waals surface area contributed by atoms with Crippen molar-refractivity contribution in [3.63, 3.8) is 0 Å². The molecule has 0 bridgehead atoms. The molecule has 0 heterocycles. The number of hydrogen-bond donors (Lipinski definition) is 3. The summed E-state index contributed by atoms with van der Waals surface area (Å²) in [5.41, 5.74) is 0. The van der Waals surface area contributed by atoms with Gasteiger partial charge in [0, 0.05) is 12.1 Å². The van der Waals surface area contributed by atoms with Gasteiger partial charge in [-0.05, 0) is 25.7 Å². The Morgan fingerprint density at radius 3 is 1.08 bits per heavy atom. The van der Waals surface area contributed by atoms with E-state index in [2.05, 4.69) is 9.44 Å². The maximum Gasteiger partial charge on any atom is 0.291 e. The molecule has 2 saturated carbocycles. The fourth-order valence-corrected chi connectivity index (χ4v) is 6.67. The second-order valence-electron chi connectivity index (χ2n) is 7.41. The molecule has 0 spiro atoms. The zero-order chi connectivity index (χ0) is 18.2. The quantitative estimate of drug-likeness (QED) is 0.642. The summed E-state index contributed by atoms with van der Waals surface area (Å²) in [5, 5.41) is 0. The van der Waals surface area contributed by atoms with E-state index in [0.29, 0.717) is 0 Å². The van der Waals surface area contributed by atoms with Crippen LogP contribution >= 0.6 is 0 Å². The van der Waals surface area contributed by atoms with Gasteiger partial charge in [-0.1, -0.05) is 68.3 Å². The predicted molar refractivity (Wildman–Crippen MR) is 99.5 cm³/mol. The molecule has 2 aliphatic carbocycles. The van der Waals surface area contributed by atoms with Gasteiger partial charge in [-0.2, -0.15) is 26.3 Å². The summed E-state index contributed by atoms with van der Waals surface area (Å²) in [6.45, 7) is 0. The normalized spacial score (nSPS) is 23.4. The standard InChI is InChI=1S/C16H33N3O4S2/c20-24(21,17-15-11-7-3-1-4-8-12-15)19-25(22,23)18-16-13-9-5-2-6-10-14-16/h15-19H,1-14H2. The van der Waals surface area contributed by atoms with Crippen molar-refractivity contribution in [3.8, 4) is 0 Å². The van der Waals surface area contributed by atoms with Crippen LogP contribution in [0.5, 0.6) is 0 Å². The average molecular weight is 396 g/mol. The Balaban J connectivity index is 1.87. The minimum absolute atomic E-state index is 0.186. The van der Waals surface area contributed by atoms with E-state index in [4.69, 9.17) is 0 Å². The molecule has 0 atom stereocenters. The van der Waals surface area contributed by atoms with E-state index in [1.54, 1.807) is 0 Å². The monoisotopic (exact) mass is 395 g/mol. The number of nitrogens with one attached hydrogen (secondary N) is 3. The smallest absolute Gasteiger partial charge is 0.198 e. The molecule has 25 heavy (non-hydrogen) atoms. The molecule has 9 heteroatoms. The third-order valence-electron chi connectivity index (χ3n) is 5.07. The number of rotatable bonds is 6. The van der Waals surface area contributed by atoms with Crippen LogP contribution in [0, 0.1) is 0 Å². The van der Waals surface area contributed by atoms with Crippen LogP contribution in [0.15, 0.2) is 0 Å². The summed E-state index contributed by atoms with van der Waals surface area (Å²) in [5.74, 6) is 0. The summed E-state index contributed by atoms with van der Waals surface area (Å²) in [6, 6.07) is -0.371. The Kier molecular flexibility index (Phi) is 8.60. The average Bonchev–Trinajstić information content (AvgIpc) is 2.43. The minimum Gasteiger partial charge on any atom is -0.198 e. The summed E-state index contributed by atoms with van der Waals surface area (Å²) in [7, 11) is -8.17. The van der Waals surface area contributed by atoms with E-state index in [0.717, 1.165) is 77.0 Å².